The first kappa shape index (κ1) is 21.3. The van der Waals surface area contributed by atoms with Crippen molar-refractivity contribution in [1.29, 1.82) is 0 Å². The standard InChI is InChI=1S/C24H22BrN3O2/c1-28(2)21-13-11-17(12-14-21)15-22(27-23(29)18-7-4-3-5-8-18)24(30)26-20-10-6-9-19(25)16-20/h3-16H,1-2H3,(H,26,30)(H,27,29)/b22-15+. The Morgan fingerprint density at radius 1 is 0.900 bits per heavy atom. The van der Waals surface area contributed by atoms with Gasteiger partial charge in [-0.2, -0.15) is 0 Å². The molecule has 0 aliphatic rings. The number of rotatable bonds is 6. The van der Waals surface area contributed by atoms with Gasteiger partial charge in [0, 0.05) is 35.5 Å². The molecular formula is C24H22BrN3O2. The van der Waals surface area contributed by atoms with Crippen molar-refractivity contribution in [1.82, 2.24) is 5.32 Å². The van der Waals surface area contributed by atoms with E-state index in [0.29, 0.717) is 11.3 Å². The summed E-state index contributed by atoms with van der Waals surface area (Å²) in [6.45, 7) is 0. The zero-order valence-corrected chi connectivity index (χ0v) is 18.3. The quantitative estimate of drug-likeness (QED) is 0.509. The molecule has 152 valence electrons. The van der Waals surface area contributed by atoms with Gasteiger partial charge in [0.05, 0.1) is 0 Å². The SMILES string of the molecule is CN(C)c1ccc(/C=C(/NC(=O)c2ccccc2)C(=O)Nc2cccc(Br)c2)cc1. The predicted molar refractivity (Wildman–Crippen MR) is 125 cm³/mol. The van der Waals surface area contributed by atoms with Gasteiger partial charge in [-0.3, -0.25) is 9.59 Å². The summed E-state index contributed by atoms with van der Waals surface area (Å²) in [6, 6.07) is 23.8. The van der Waals surface area contributed by atoms with Crippen LogP contribution in [0, 0.1) is 0 Å². The minimum atomic E-state index is -0.408. The molecule has 0 aliphatic carbocycles. The number of nitrogens with one attached hydrogen (secondary N) is 2. The Hall–Kier alpha value is -3.38. The minimum absolute atomic E-state index is 0.154. The van der Waals surface area contributed by atoms with Gasteiger partial charge in [-0.15, -0.1) is 0 Å². The number of hydrogen-bond donors (Lipinski definition) is 2. The highest BCUT2D eigenvalue weighted by Gasteiger charge is 2.15. The molecular weight excluding hydrogens is 442 g/mol. The normalized spacial score (nSPS) is 11.0. The number of carbonyl (C=O) groups is 2. The average molecular weight is 464 g/mol. The maximum absolute atomic E-state index is 13.0. The summed E-state index contributed by atoms with van der Waals surface area (Å²) < 4.78 is 0.846. The zero-order valence-electron chi connectivity index (χ0n) is 16.7. The predicted octanol–water partition coefficient (Wildman–Crippen LogP) is 4.92. The molecule has 30 heavy (non-hydrogen) atoms. The van der Waals surface area contributed by atoms with Crippen LogP contribution in [0.15, 0.2) is 89.0 Å². The first-order valence-corrected chi connectivity index (χ1v) is 10.1. The van der Waals surface area contributed by atoms with Gasteiger partial charge >= 0.3 is 0 Å². The molecule has 0 atom stereocenters. The van der Waals surface area contributed by atoms with Crippen molar-refractivity contribution < 1.29 is 9.59 Å². The highest BCUT2D eigenvalue weighted by atomic mass is 79.9. The summed E-state index contributed by atoms with van der Waals surface area (Å²) in [5.74, 6) is -0.759. The van der Waals surface area contributed by atoms with Crippen LogP contribution in [-0.4, -0.2) is 25.9 Å². The Labute approximate surface area is 184 Å². The number of carbonyl (C=O) groups excluding carboxylic acids is 2. The largest absolute Gasteiger partial charge is 0.378 e. The lowest BCUT2D eigenvalue weighted by Crippen LogP contribution is -2.30. The molecule has 0 bridgehead atoms. The van der Waals surface area contributed by atoms with E-state index < -0.39 is 5.91 Å². The molecule has 3 aromatic carbocycles. The van der Waals surface area contributed by atoms with E-state index in [1.165, 1.54) is 0 Å². The molecule has 3 aromatic rings. The second-order valence-corrected chi connectivity index (χ2v) is 7.74. The maximum atomic E-state index is 13.0. The molecule has 2 amide bonds. The summed E-state index contributed by atoms with van der Waals surface area (Å²) in [6.07, 6.45) is 1.66. The summed E-state index contributed by atoms with van der Waals surface area (Å²) in [5, 5.41) is 5.57. The van der Waals surface area contributed by atoms with Crippen LogP contribution < -0.4 is 15.5 Å². The average Bonchev–Trinajstić information content (AvgIpc) is 2.74. The molecule has 0 fully saturated rings. The van der Waals surface area contributed by atoms with Crippen LogP contribution in [0.3, 0.4) is 0 Å². The van der Waals surface area contributed by atoms with Crippen LogP contribution in [0.1, 0.15) is 15.9 Å². The number of nitrogens with zero attached hydrogens (tertiary/aromatic N) is 1. The Balaban J connectivity index is 1.88. The molecule has 3 rings (SSSR count). The van der Waals surface area contributed by atoms with Crippen LogP contribution in [0.2, 0.25) is 0 Å². The van der Waals surface area contributed by atoms with Crippen LogP contribution in [0.4, 0.5) is 11.4 Å². The van der Waals surface area contributed by atoms with Gasteiger partial charge in [-0.1, -0.05) is 52.3 Å². The Bertz CT molecular complexity index is 1060. The van der Waals surface area contributed by atoms with Gasteiger partial charge in [0.2, 0.25) is 0 Å². The van der Waals surface area contributed by atoms with Crippen molar-refractivity contribution >= 4 is 45.2 Å². The van der Waals surface area contributed by atoms with E-state index in [4.69, 9.17) is 0 Å². The number of amides is 2. The molecule has 2 N–H and O–H groups in total. The van der Waals surface area contributed by atoms with Gasteiger partial charge < -0.3 is 15.5 Å². The van der Waals surface area contributed by atoms with Crippen molar-refractivity contribution in [3.8, 4) is 0 Å². The van der Waals surface area contributed by atoms with Gasteiger partial charge in [0.1, 0.15) is 5.70 Å². The number of hydrogen-bond acceptors (Lipinski definition) is 3. The molecule has 0 aliphatic heterocycles. The van der Waals surface area contributed by atoms with Gasteiger partial charge in [0.25, 0.3) is 11.8 Å². The fourth-order valence-corrected chi connectivity index (χ4v) is 3.14. The highest BCUT2D eigenvalue weighted by Crippen LogP contribution is 2.18. The lowest BCUT2D eigenvalue weighted by atomic mass is 10.1. The lowest BCUT2D eigenvalue weighted by Gasteiger charge is -2.13. The zero-order chi connectivity index (χ0) is 21.5. The molecule has 0 spiro atoms. The second-order valence-electron chi connectivity index (χ2n) is 6.83. The van der Waals surface area contributed by atoms with E-state index in [9.17, 15) is 9.59 Å². The molecule has 0 radical (unpaired) electrons. The summed E-state index contributed by atoms with van der Waals surface area (Å²) in [5.41, 5.74) is 3.09. The van der Waals surface area contributed by atoms with Crippen LogP contribution in [0.5, 0.6) is 0 Å². The van der Waals surface area contributed by atoms with E-state index in [2.05, 4.69) is 26.6 Å². The van der Waals surface area contributed by atoms with Gasteiger partial charge in [-0.25, -0.2) is 0 Å². The van der Waals surface area contributed by atoms with Crippen molar-refractivity contribution in [3.05, 3.63) is 100 Å². The minimum Gasteiger partial charge on any atom is -0.378 e. The molecule has 0 unspecified atom stereocenters. The third-order valence-electron chi connectivity index (χ3n) is 4.33. The molecule has 6 heteroatoms. The summed E-state index contributed by atoms with van der Waals surface area (Å²) >= 11 is 3.39. The van der Waals surface area contributed by atoms with Crippen molar-refractivity contribution in [2.24, 2.45) is 0 Å². The number of anilines is 2. The van der Waals surface area contributed by atoms with Crippen LogP contribution >= 0.6 is 15.9 Å². The molecule has 0 heterocycles. The highest BCUT2D eigenvalue weighted by molar-refractivity contribution is 9.10. The van der Waals surface area contributed by atoms with Crippen LogP contribution in [-0.2, 0) is 4.79 Å². The molecule has 0 aromatic heterocycles. The first-order valence-electron chi connectivity index (χ1n) is 9.35. The van der Waals surface area contributed by atoms with E-state index in [1.807, 2.05) is 61.5 Å². The van der Waals surface area contributed by atoms with Crippen molar-refractivity contribution in [3.63, 3.8) is 0 Å². The fourth-order valence-electron chi connectivity index (χ4n) is 2.74. The molecule has 0 saturated heterocycles. The summed E-state index contributed by atoms with van der Waals surface area (Å²) in [4.78, 5) is 27.6. The molecule has 0 saturated carbocycles. The number of benzene rings is 3. The third-order valence-corrected chi connectivity index (χ3v) is 4.83. The van der Waals surface area contributed by atoms with Crippen molar-refractivity contribution in [2.45, 2.75) is 0 Å². The first-order chi connectivity index (χ1) is 14.4. The van der Waals surface area contributed by atoms with Gasteiger partial charge in [0.15, 0.2) is 0 Å². The second kappa shape index (κ2) is 9.89. The fraction of sp³-hybridized carbons (Fsp3) is 0.0833. The third kappa shape index (κ3) is 5.81. The van der Waals surface area contributed by atoms with E-state index >= 15 is 0 Å². The van der Waals surface area contributed by atoms with Crippen molar-refractivity contribution in [2.75, 3.05) is 24.3 Å². The Kier molecular flexibility index (Phi) is 7.03. The Morgan fingerprint density at radius 3 is 2.23 bits per heavy atom. The topological polar surface area (TPSA) is 61.4 Å². The molecule has 5 nitrogen and oxygen atoms in total. The lowest BCUT2D eigenvalue weighted by molar-refractivity contribution is -0.113. The van der Waals surface area contributed by atoms with E-state index in [1.54, 1.807) is 42.5 Å². The van der Waals surface area contributed by atoms with E-state index in [0.717, 1.165) is 15.7 Å². The van der Waals surface area contributed by atoms with Gasteiger partial charge in [-0.05, 0) is 54.1 Å². The van der Waals surface area contributed by atoms with E-state index in [-0.39, 0.29) is 11.6 Å². The van der Waals surface area contributed by atoms with Crippen LogP contribution in [0.25, 0.3) is 6.08 Å². The number of halogens is 1. The monoisotopic (exact) mass is 463 g/mol. The smallest absolute Gasteiger partial charge is 0.272 e. The maximum Gasteiger partial charge on any atom is 0.272 e. The Morgan fingerprint density at radius 2 is 1.60 bits per heavy atom. The summed E-state index contributed by atoms with van der Waals surface area (Å²) in [7, 11) is 3.92.